The Morgan fingerprint density at radius 3 is 2.31 bits per heavy atom. The Bertz CT molecular complexity index is 763. The van der Waals surface area contributed by atoms with E-state index in [1.165, 1.54) is 6.42 Å². The van der Waals surface area contributed by atoms with Crippen LogP contribution in [0.25, 0.3) is 0 Å². The van der Waals surface area contributed by atoms with Crippen molar-refractivity contribution < 1.29 is 14.4 Å². The molecule has 0 radical (unpaired) electrons. The van der Waals surface area contributed by atoms with Crippen LogP contribution in [0.15, 0.2) is 24.3 Å². The van der Waals surface area contributed by atoms with Crippen LogP contribution >= 0.6 is 0 Å². The van der Waals surface area contributed by atoms with E-state index in [4.69, 9.17) is 0 Å². The number of benzene rings is 1. The second kappa shape index (κ2) is 8.95. The summed E-state index contributed by atoms with van der Waals surface area (Å²) in [7, 11) is 0. The molecule has 1 aromatic rings. The molecule has 0 aromatic heterocycles. The highest BCUT2D eigenvalue weighted by molar-refractivity contribution is 5.98. The Labute approximate surface area is 172 Å². The van der Waals surface area contributed by atoms with Crippen LogP contribution in [0.3, 0.4) is 0 Å². The molecule has 2 heterocycles. The van der Waals surface area contributed by atoms with Gasteiger partial charge in [-0.25, -0.2) is 0 Å². The predicted molar refractivity (Wildman–Crippen MR) is 111 cm³/mol. The van der Waals surface area contributed by atoms with Gasteiger partial charge in [-0.05, 0) is 50.3 Å². The fourth-order valence-corrected chi connectivity index (χ4v) is 4.05. The van der Waals surface area contributed by atoms with E-state index in [2.05, 4.69) is 10.2 Å². The van der Waals surface area contributed by atoms with Crippen LogP contribution in [0, 0.1) is 5.92 Å². The lowest BCUT2D eigenvalue weighted by atomic mass is 10.1. The summed E-state index contributed by atoms with van der Waals surface area (Å²) in [5.74, 6) is 0.370. The fourth-order valence-electron chi connectivity index (χ4n) is 4.05. The van der Waals surface area contributed by atoms with Gasteiger partial charge in [0.15, 0.2) is 0 Å². The first-order valence-corrected chi connectivity index (χ1v) is 10.8. The van der Waals surface area contributed by atoms with Crippen LogP contribution in [-0.4, -0.2) is 78.2 Å². The number of carbonyl (C=O) groups is 3. The summed E-state index contributed by atoms with van der Waals surface area (Å²) in [5, 5.41) is 2.90. The minimum Gasteiger partial charge on any atom is -0.342 e. The van der Waals surface area contributed by atoms with Crippen molar-refractivity contribution in [3.8, 4) is 0 Å². The van der Waals surface area contributed by atoms with Gasteiger partial charge in [-0.1, -0.05) is 6.07 Å². The highest BCUT2D eigenvalue weighted by Crippen LogP contribution is 2.30. The number of piperidine rings is 1. The lowest BCUT2D eigenvalue weighted by Crippen LogP contribution is -2.52. The molecule has 0 bridgehead atoms. The molecular weight excluding hydrogens is 368 g/mol. The summed E-state index contributed by atoms with van der Waals surface area (Å²) >= 11 is 0. The van der Waals surface area contributed by atoms with Crippen molar-refractivity contribution in [3.63, 3.8) is 0 Å². The SMILES string of the molecule is O=C(Nc1cccc(C(=O)N2CCN(CC(=O)N3CCCCC3)CC2)c1)C1CC1. The maximum absolute atomic E-state index is 12.9. The summed E-state index contributed by atoms with van der Waals surface area (Å²) in [6.07, 6.45) is 5.34. The van der Waals surface area contributed by atoms with Gasteiger partial charge in [0, 0.05) is 56.4 Å². The maximum Gasteiger partial charge on any atom is 0.254 e. The van der Waals surface area contributed by atoms with Crippen LogP contribution in [-0.2, 0) is 9.59 Å². The van der Waals surface area contributed by atoms with Crippen molar-refractivity contribution >= 4 is 23.4 Å². The Balaban J connectivity index is 1.27. The van der Waals surface area contributed by atoms with Gasteiger partial charge in [0.05, 0.1) is 6.54 Å². The number of hydrogen-bond acceptors (Lipinski definition) is 4. The van der Waals surface area contributed by atoms with Crippen LogP contribution in [0.4, 0.5) is 5.69 Å². The third-order valence-electron chi connectivity index (χ3n) is 6.05. The number of anilines is 1. The summed E-state index contributed by atoms with van der Waals surface area (Å²) in [4.78, 5) is 43.2. The van der Waals surface area contributed by atoms with Gasteiger partial charge in [0.25, 0.3) is 5.91 Å². The van der Waals surface area contributed by atoms with Crippen molar-refractivity contribution in [2.75, 3.05) is 51.1 Å². The molecule has 2 saturated heterocycles. The number of hydrogen-bond donors (Lipinski definition) is 1. The first kappa shape index (κ1) is 19.9. The Kier molecular flexibility index (Phi) is 6.13. The Hall–Kier alpha value is -2.41. The van der Waals surface area contributed by atoms with Gasteiger partial charge in [0.1, 0.15) is 0 Å². The lowest BCUT2D eigenvalue weighted by molar-refractivity contribution is -0.133. The number of piperazine rings is 1. The van der Waals surface area contributed by atoms with E-state index in [9.17, 15) is 14.4 Å². The molecule has 0 unspecified atom stereocenters. The van der Waals surface area contributed by atoms with Gasteiger partial charge in [-0.2, -0.15) is 0 Å². The van der Waals surface area contributed by atoms with E-state index in [0.717, 1.165) is 38.8 Å². The molecule has 3 fully saturated rings. The molecular formula is C22H30N4O3. The fraction of sp³-hybridized carbons (Fsp3) is 0.591. The molecule has 1 saturated carbocycles. The molecule has 3 aliphatic rings. The van der Waals surface area contributed by atoms with Gasteiger partial charge in [0.2, 0.25) is 11.8 Å². The van der Waals surface area contributed by atoms with E-state index in [1.54, 1.807) is 12.1 Å². The first-order chi connectivity index (χ1) is 14.1. The standard InChI is InChI=1S/C22H30N4O3/c27-20(25-9-2-1-3-10-25)16-24-11-13-26(14-12-24)22(29)18-5-4-6-19(15-18)23-21(28)17-7-8-17/h4-6,15,17H,1-3,7-14,16H2,(H,23,28). The summed E-state index contributed by atoms with van der Waals surface area (Å²) in [6, 6.07) is 7.18. The zero-order chi connectivity index (χ0) is 20.2. The van der Waals surface area contributed by atoms with E-state index < -0.39 is 0 Å². The number of likely N-dealkylation sites (tertiary alicyclic amines) is 1. The van der Waals surface area contributed by atoms with Crippen molar-refractivity contribution in [2.24, 2.45) is 5.92 Å². The molecule has 1 N–H and O–H groups in total. The molecule has 29 heavy (non-hydrogen) atoms. The van der Waals surface area contributed by atoms with E-state index >= 15 is 0 Å². The Morgan fingerprint density at radius 2 is 1.62 bits per heavy atom. The topological polar surface area (TPSA) is 73.0 Å². The highest BCUT2D eigenvalue weighted by Gasteiger charge is 2.30. The molecule has 1 aromatic carbocycles. The maximum atomic E-state index is 12.9. The average Bonchev–Trinajstić information content (AvgIpc) is 3.60. The van der Waals surface area contributed by atoms with Crippen molar-refractivity contribution in [1.29, 1.82) is 0 Å². The van der Waals surface area contributed by atoms with Crippen LogP contribution in [0.1, 0.15) is 42.5 Å². The van der Waals surface area contributed by atoms with E-state index in [1.807, 2.05) is 21.9 Å². The molecule has 7 heteroatoms. The summed E-state index contributed by atoms with van der Waals surface area (Å²) in [5.41, 5.74) is 1.27. The van der Waals surface area contributed by atoms with Gasteiger partial charge in [-0.3, -0.25) is 19.3 Å². The average molecular weight is 399 g/mol. The lowest BCUT2D eigenvalue weighted by Gasteiger charge is -2.36. The smallest absolute Gasteiger partial charge is 0.254 e. The normalized spacial score (nSPS) is 20.4. The number of carbonyl (C=O) groups excluding carboxylic acids is 3. The van der Waals surface area contributed by atoms with Crippen LogP contribution in [0.5, 0.6) is 0 Å². The third kappa shape index (κ3) is 5.15. The minimum absolute atomic E-state index is 0.0190. The molecule has 7 nitrogen and oxygen atoms in total. The van der Waals surface area contributed by atoms with Gasteiger partial charge < -0.3 is 15.1 Å². The van der Waals surface area contributed by atoms with Gasteiger partial charge >= 0.3 is 0 Å². The molecule has 0 spiro atoms. The molecule has 2 aliphatic heterocycles. The van der Waals surface area contributed by atoms with E-state index in [0.29, 0.717) is 44.0 Å². The molecule has 0 atom stereocenters. The second-order valence-corrected chi connectivity index (χ2v) is 8.35. The minimum atomic E-state index is -0.0190. The van der Waals surface area contributed by atoms with Crippen molar-refractivity contribution in [3.05, 3.63) is 29.8 Å². The van der Waals surface area contributed by atoms with Crippen molar-refractivity contribution in [1.82, 2.24) is 14.7 Å². The number of rotatable bonds is 5. The molecule has 3 amide bonds. The van der Waals surface area contributed by atoms with Crippen LogP contribution in [0.2, 0.25) is 0 Å². The van der Waals surface area contributed by atoms with Crippen molar-refractivity contribution in [2.45, 2.75) is 32.1 Å². The zero-order valence-electron chi connectivity index (χ0n) is 16.9. The monoisotopic (exact) mass is 398 g/mol. The molecule has 4 rings (SSSR count). The third-order valence-corrected chi connectivity index (χ3v) is 6.05. The molecule has 1 aliphatic carbocycles. The molecule has 156 valence electrons. The van der Waals surface area contributed by atoms with Crippen LogP contribution < -0.4 is 5.32 Å². The summed E-state index contributed by atoms with van der Waals surface area (Å²) in [6.45, 7) is 4.86. The number of amides is 3. The predicted octanol–water partition coefficient (Wildman–Crippen LogP) is 1.81. The largest absolute Gasteiger partial charge is 0.342 e. The zero-order valence-corrected chi connectivity index (χ0v) is 16.9. The highest BCUT2D eigenvalue weighted by atomic mass is 16.2. The van der Waals surface area contributed by atoms with Gasteiger partial charge in [-0.15, -0.1) is 0 Å². The quantitative estimate of drug-likeness (QED) is 0.821. The number of nitrogens with one attached hydrogen (secondary N) is 1. The number of nitrogens with zero attached hydrogens (tertiary/aromatic N) is 3. The van der Waals surface area contributed by atoms with E-state index in [-0.39, 0.29) is 23.6 Å². The summed E-state index contributed by atoms with van der Waals surface area (Å²) < 4.78 is 0. The second-order valence-electron chi connectivity index (χ2n) is 8.35. The first-order valence-electron chi connectivity index (χ1n) is 10.8. The Morgan fingerprint density at radius 1 is 0.897 bits per heavy atom.